The number of carbonyl (C=O) groups excluding carboxylic acids is 2. The zero-order valence-corrected chi connectivity index (χ0v) is 52.4. The van der Waals surface area contributed by atoms with Gasteiger partial charge in [0, 0.05) is 6.42 Å². The number of aliphatic hydroxyl groups is 5. The van der Waals surface area contributed by atoms with Gasteiger partial charge in [-0.25, -0.2) is 0 Å². The number of esters is 1. The molecule has 8 unspecified atom stereocenters. The van der Waals surface area contributed by atoms with Crippen molar-refractivity contribution in [3.05, 3.63) is 60.8 Å². The highest BCUT2D eigenvalue weighted by Crippen LogP contribution is 2.26. The third-order valence-electron chi connectivity index (χ3n) is 15.9. The van der Waals surface area contributed by atoms with Crippen molar-refractivity contribution in [3.8, 4) is 0 Å². The van der Waals surface area contributed by atoms with Crippen molar-refractivity contribution < 1.29 is 49.3 Å². The number of amides is 1. The number of hydrogen-bond donors (Lipinski definition) is 6. The standard InChI is InChI=1S/C70H127NO10/c1-4-7-10-13-16-19-22-24-26-28-30-32-34-36-38-40-43-46-49-52-55-58-65(75)81-68-67(77)66(76)64(59-72)80-70(68)79-60-61(62(73)56-53-50-47-44-41-21-18-15-12-9-6-3)71-69(78)63(74)57-54-51-48-45-42-39-37-35-33-31-29-27-25-23-20-17-14-11-8-5-2/h16-17,19-20,24-27,53,56,61-64,66-68,70,72-74,76-77H,4-15,18,21-23,28-52,54-55,57-60H2,1-3H3,(H,71,78)/b19-16-,20-17-,26-24-,27-25-,56-53+. The highest BCUT2D eigenvalue weighted by atomic mass is 16.7. The lowest BCUT2D eigenvalue weighted by molar-refractivity contribution is -0.305. The number of hydrogen-bond acceptors (Lipinski definition) is 10. The number of carbonyl (C=O) groups is 2. The summed E-state index contributed by atoms with van der Waals surface area (Å²) < 4.78 is 17.7. The van der Waals surface area contributed by atoms with Gasteiger partial charge in [-0.2, -0.15) is 0 Å². The van der Waals surface area contributed by atoms with E-state index in [0.29, 0.717) is 12.8 Å². The van der Waals surface area contributed by atoms with Gasteiger partial charge in [0.2, 0.25) is 5.91 Å². The zero-order chi connectivity index (χ0) is 58.9. The first-order valence-electron chi connectivity index (χ1n) is 34.1. The summed E-state index contributed by atoms with van der Waals surface area (Å²) in [5.41, 5.74) is 0. The lowest BCUT2D eigenvalue weighted by Gasteiger charge is -2.41. The van der Waals surface area contributed by atoms with E-state index in [4.69, 9.17) is 14.2 Å². The molecular weight excluding hydrogens is 1010 g/mol. The molecule has 0 saturated carbocycles. The van der Waals surface area contributed by atoms with Gasteiger partial charge in [-0.05, 0) is 89.9 Å². The largest absolute Gasteiger partial charge is 0.454 e. The van der Waals surface area contributed by atoms with Crippen LogP contribution in [0.25, 0.3) is 0 Å². The van der Waals surface area contributed by atoms with E-state index in [1.807, 2.05) is 6.08 Å². The van der Waals surface area contributed by atoms with E-state index in [1.165, 1.54) is 186 Å². The van der Waals surface area contributed by atoms with Gasteiger partial charge < -0.3 is 45.1 Å². The molecule has 0 bridgehead atoms. The fourth-order valence-electron chi connectivity index (χ4n) is 10.5. The van der Waals surface area contributed by atoms with Crippen LogP contribution in [0.1, 0.15) is 310 Å². The molecule has 6 N–H and O–H groups in total. The fourth-order valence-corrected chi connectivity index (χ4v) is 10.5. The molecular formula is C70H127NO10. The van der Waals surface area contributed by atoms with E-state index in [1.54, 1.807) is 6.08 Å². The molecule has 0 spiro atoms. The summed E-state index contributed by atoms with van der Waals surface area (Å²) in [6.07, 6.45) is 62.5. The Bertz CT molecular complexity index is 1550. The molecule has 0 aliphatic carbocycles. The van der Waals surface area contributed by atoms with Crippen LogP contribution < -0.4 is 5.32 Å². The molecule has 1 amide bonds. The van der Waals surface area contributed by atoms with Crippen molar-refractivity contribution in [1.82, 2.24) is 5.32 Å². The van der Waals surface area contributed by atoms with Crippen molar-refractivity contribution in [2.45, 2.75) is 359 Å². The van der Waals surface area contributed by atoms with Crippen molar-refractivity contribution >= 4 is 11.9 Å². The highest BCUT2D eigenvalue weighted by Gasteiger charge is 2.47. The molecule has 11 nitrogen and oxygen atoms in total. The van der Waals surface area contributed by atoms with E-state index < -0.39 is 67.4 Å². The van der Waals surface area contributed by atoms with Crippen molar-refractivity contribution in [3.63, 3.8) is 0 Å². The molecule has 0 aromatic heterocycles. The van der Waals surface area contributed by atoms with Crippen molar-refractivity contribution in [1.29, 1.82) is 0 Å². The number of ether oxygens (including phenoxy) is 3. The van der Waals surface area contributed by atoms with Gasteiger partial charge in [0.15, 0.2) is 12.4 Å². The molecule has 1 heterocycles. The highest BCUT2D eigenvalue weighted by molar-refractivity contribution is 5.80. The van der Waals surface area contributed by atoms with Crippen molar-refractivity contribution in [2.24, 2.45) is 0 Å². The van der Waals surface area contributed by atoms with E-state index in [2.05, 4.69) is 74.7 Å². The molecule has 0 aromatic rings. The lowest BCUT2D eigenvalue weighted by atomic mass is 9.99. The molecule has 1 rings (SSSR count). The quantitative estimate of drug-likeness (QED) is 0.0195. The van der Waals surface area contributed by atoms with Crippen LogP contribution in [0, 0.1) is 0 Å². The Morgan fingerprint density at radius 1 is 0.481 bits per heavy atom. The minimum absolute atomic E-state index is 0.121. The normalized spacial score (nSPS) is 19.0. The summed E-state index contributed by atoms with van der Waals surface area (Å²) in [7, 11) is 0. The molecule has 81 heavy (non-hydrogen) atoms. The summed E-state index contributed by atoms with van der Waals surface area (Å²) in [5, 5.41) is 57.1. The molecule has 1 saturated heterocycles. The van der Waals surface area contributed by atoms with E-state index in [0.717, 1.165) is 77.0 Å². The van der Waals surface area contributed by atoms with Gasteiger partial charge >= 0.3 is 5.97 Å². The summed E-state index contributed by atoms with van der Waals surface area (Å²) in [6.45, 7) is 5.76. The Morgan fingerprint density at radius 2 is 0.852 bits per heavy atom. The first kappa shape index (κ1) is 76.4. The molecule has 0 radical (unpaired) electrons. The second-order valence-corrected chi connectivity index (χ2v) is 23.6. The first-order valence-corrected chi connectivity index (χ1v) is 34.1. The molecule has 1 aliphatic rings. The Hall–Kier alpha value is -2.64. The number of unbranched alkanes of at least 4 members (excludes halogenated alkanes) is 36. The van der Waals surface area contributed by atoms with E-state index in [9.17, 15) is 35.1 Å². The number of nitrogens with one attached hydrogen (secondary N) is 1. The predicted molar refractivity (Wildman–Crippen MR) is 338 cm³/mol. The van der Waals surface area contributed by atoms with Crippen LogP contribution in [0.5, 0.6) is 0 Å². The third kappa shape index (κ3) is 45.4. The average molecular weight is 1140 g/mol. The second-order valence-electron chi connectivity index (χ2n) is 23.6. The van der Waals surface area contributed by atoms with Gasteiger partial charge in [-0.3, -0.25) is 9.59 Å². The van der Waals surface area contributed by atoms with Crippen LogP contribution in [-0.2, 0) is 23.8 Å². The topological polar surface area (TPSA) is 175 Å². The Balaban J connectivity index is 2.59. The lowest BCUT2D eigenvalue weighted by Crippen LogP contribution is -2.61. The molecule has 1 fully saturated rings. The summed E-state index contributed by atoms with van der Waals surface area (Å²) in [6, 6.07) is -1.03. The van der Waals surface area contributed by atoms with Crippen LogP contribution in [0.4, 0.5) is 0 Å². The minimum Gasteiger partial charge on any atom is -0.454 e. The van der Waals surface area contributed by atoms with Gasteiger partial charge in [0.25, 0.3) is 0 Å². The van der Waals surface area contributed by atoms with Gasteiger partial charge in [0.1, 0.15) is 24.4 Å². The predicted octanol–water partition coefficient (Wildman–Crippen LogP) is 17.0. The third-order valence-corrected chi connectivity index (χ3v) is 15.9. The molecule has 8 atom stereocenters. The first-order chi connectivity index (χ1) is 39.7. The summed E-state index contributed by atoms with van der Waals surface area (Å²) in [5.74, 6) is -1.19. The number of allylic oxidation sites excluding steroid dienone is 9. The van der Waals surface area contributed by atoms with Gasteiger partial charge in [-0.15, -0.1) is 0 Å². The van der Waals surface area contributed by atoms with Crippen LogP contribution in [0.2, 0.25) is 0 Å². The Kier molecular flexibility index (Phi) is 54.5. The maximum absolute atomic E-state index is 13.5. The molecule has 0 aromatic carbocycles. The molecule has 11 heteroatoms. The number of aliphatic hydroxyl groups excluding tert-OH is 5. The van der Waals surface area contributed by atoms with Gasteiger partial charge in [0.05, 0.1) is 25.4 Å². The average Bonchev–Trinajstić information content (AvgIpc) is 3.50. The van der Waals surface area contributed by atoms with Crippen LogP contribution in [-0.4, -0.2) is 99.6 Å². The maximum atomic E-state index is 13.5. The Labute approximate surface area is 497 Å². The smallest absolute Gasteiger partial charge is 0.306 e. The zero-order valence-electron chi connectivity index (χ0n) is 52.4. The minimum atomic E-state index is -1.62. The van der Waals surface area contributed by atoms with Crippen LogP contribution in [0.3, 0.4) is 0 Å². The fraction of sp³-hybridized carbons (Fsp3) is 0.829. The van der Waals surface area contributed by atoms with Crippen molar-refractivity contribution in [2.75, 3.05) is 13.2 Å². The van der Waals surface area contributed by atoms with Crippen LogP contribution in [0.15, 0.2) is 60.8 Å². The Morgan fingerprint density at radius 3 is 1.28 bits per heavy atom. The van der Waals surface area contributed by atoms with E-state index >= 15 is 0 Å². The molecule has 1 aliphatic heterocycles. The number of rotatable bonds is 58. The summed E-state index contributed by atoms with van der Waals surface area (Å²) in [4.78, 5) is 26.6. The van der Waals surface area contributed by atoms with E-state index in [-0.39, 0.29) is 19.4 Å². The molecule has 472 valence electrons. The summed E-state index contributed by atoms with van der Waals surface area (Å²) >= 11 is 0. The SMILES string of the molecule is CCCCC/C=C\C/C=C\CCCCCCCCCCCCCC(=O)OC1C(OCC(NC(=O)C(O)CCCCCCCCCCCC/C=C\C/C=C\CCCCC)C(O)/C=C/CCCCCCCCCCC)OC(CO)C(O)C1O. The second kappa shape index (κ2) is 57.8. The maximum Gasteiger partial charge on any atom is 0.306 e. The van der Waals surface area contributed by atoms with Gasteiger partial charge in [-0.1, -0.05) is 274 Å². The van der Waals surface area contributed by atoms with Crippen LogP contribution >= 0.6 is 0 Å². The monoisotopic (exact) mass is 1140 g/mol.